The second-order valence-corrected chi connectivity index (χ2v) is 6.20. The van der Waals surface area contributed by atoms with Crippen molar-refractivity contribution in [3.8, 4) is 0 Å². The average molecular weight is 297 g/mol. The van der Waals surface area contributed by atoms with Gasteiger partial charge in [-0.25, -0.2) is 0 Å². The fraction of sp³-hybridized carbons (Fsp3) is 0.625. The lowest BCUT2D eigenvalue weighted by molar-refractivity contribution is 0.288. The fourth-order valence-corrected chi connectivity index (χ4v) is 2.57. The molecule has 0 unspecified atom stereocenters. The van der Waals surface area contributed by atoms with E-state index in [1.807, 2.05) is 6.07 Å². The van der Waals surface area contributed by atoms with Crippen LogP contribution in [0.4, 0.5) is 5.69 Å². The third-order valence-corrected chi connectivity index (χ3v) is 4.06. The summed E-state index contributed by atoms with van der Waals surface area (Å²) in [6.45, 7) is 6.24. The van der Waals surface area contributed by atoms with Gasteiger partial charge in [-0.05, 0) is 50.8 Å². The van der Waals surface area contributed by atoms with Crippen molar-refractivity contribution in [3.05, 3.63) is 28.8 Å². The second-order valence-electron chi connectivity index (χ2n) is 5.80. The molecule has 2 rings (SSSR count). The lowest BCUT2D eigenvalue weighted by Crippen LogP contribution is -2.32. The van der Waals surface area contributed by atoms with Crippen LogP contribution in [0.1, 0.15) is 38.7 Å². The normalized spacial score (nSPS) is 14.8. The number of nitrogens with zero attached hydrogens (tertiary/aromatic N) is 1. The summed E-state index contributed by atoms with van der Waals surface area (Å²) in [7, 11) is 0. The molecule has 0 bridgehead atoms. The SMILES string of the molecule is CC(C)N(CCCO)c1ccc(CNC2CC2)c(Cl)c1. The zero-order valence-corrected chi connectivity index (χ0v) is 13.2. The molecule has 112 valence electrons. The number of hydrogen-bond donors (Lipinski definition) is 2. The van der Waals surface area contributed by atoms with Crippen LogP contribution in [0.2, 0.25) is 5.02 Å². The third-order valence-electron chi connectivity index (χ3n) is 3.71. The van der Waals surface area contributed by atoms with Crippen LogP contribution >= 0.6 is 11.6 Å². The van der Waals surface area contributed by atoms with E-state index >= 15 is 0 Å². The summed E-state index contributed by atoms with van der Waals surface area (Å²) in [4.78, 5) is 2.28. The number of rotatable bonds is 8. The van der Waals surface area contributed by atoms with Gasteiger partial charge in [0.25, 0.3) is 0 Å². The van der Waals surface area contributed by atoms with Gasteiger partial charge in [-0.3, -0.25) is 0 Å². The molecule has 1 fully saturated rings. The average Bonchev–Trinajstić information content (AvgIpc) is 3.22. The van der Waals surface area contributed by atoms with E-state index in [1.54, 1.807) is 0 Å². The van der Waals surface area contributed by atoms with E-state index in [2.05, 4.69) is 36.2 Å². The summed E-state index contributed by atoms with van der Waals surface area (Å²) >= 11 is 6.40. The molecular formula is C16H25ClN2O. The molecule has 2 N–H and O–H groups in total. The first-order valence-corrected chi connectivity index (χ1v) is 7.89. The first kappa shape index (κ1) is 15.6. The summed E-state index contributed by atoms with van der Waals surface area (Å²) in [6, 6.07) is 7.38. The maximum absolute atomic E-state index is 9.01. The largest absolute Gasteiger partial charge is 0.396 e. The monoisotopic (exact) mass is 296 g/mol. The van der Waals surface area contributed by atoms with Crippen LogP contribution in [0, 0.1) is 0 Å². The first-order chi connectivity index (χ1) is 9.61. The minimum absolute atomic E-state index is 0.223. The minimum atomic E-state index is 0.223. The van der Waals surface area contributed by atoms with Crippen molar-refractivity contribution in [3.63, 3.8) is 0 Å². The van der Waals surface area contributed by atoms with Crippen LogP contribution in [0.25, 0.3) is 0 Å². The van der Waals surface area contributed by atoms with E-state index in [4.69, 9.17) is 16.7 Å². The number of anilines is 1. The van der Waals surface area contributed by atoms with Gasteiger partial charge in [-0.15, -0.1) is 0 Å². The van der Waals surface area contributed by atoms with E-state index in [-0.39, 0.29) is 6.61 Å². The molecule has 1 saturated carbocycles. The molecular weight excluding hydrogens is 272 g/mol. The molecule has 0 heterocycles. The smallest absolute Gasteiger partial charge is 0.0471 e. The molecule has 1 aromatic rings. The number of aliphatic hydroxyl groups is 1. The molecule has 0 aromatic heterocycles. The van der Waals surface area contributed by atoms with E-state index in [9.17, 15) is 0 Å². The van der Waals surface area contributed by atoms with Crippen molar-refractivity contribution in [2.75, 3.05) is 18.1 Å². The summed E-state index contributed by atoms with van der Waals surface area (Å²) in [6.07, 6.45) is 3.36. The van der Waals surface area contributed by atoms with Gasteiger partial charge in [-0.2, -0.15) is 0 Å². The van der Waals surface area contributed by atoms with Crippen LogP contribution in [0.5, 0.6) is 0 Å². The third kappa shape index (κ3) is 4.37. The molecule has 0 amide bonds. The zero-order valence-electron chi connectivity index (χ0n) is 12.4. The molecule has 20 heavy (non-hydrogen) atoms. The Balaban J connectivity index is 2.04. The van der Waals surface area contributed by atoms with Crippen LogP contribution in [0.3, 0.4) is 0 Å². The second kappa shape index (κ2) is 7.30. The van der Waals surface area contributed by atoms with Crippen LogP contribution in [-0.4, -0.2) is 30.3 Å². The Labute approximate surface area is 126 Å². The quantitative estimate of drug-likeness (QED) is 0.773. The number of hydrogen-bond acceptors (Lipinski definition) is 3. The van der Waals surface area contributed by atoms with Crippen molar-refractivity contribution >= 4 is 17.3 Å². The first-order valence-electron chi connectivity index (χ1n) is 7.51. The van der Waals surface area contributed by atoms with E-state index < -0.39 is 0 Å². The van der Waals surface area contributed by atoms with Crippen molar-refractivity contribution in [2.45, 2.75) is 51.7 Å². The molecule has 0 atom stereocenters. The van der Waals surface area contributed by atoms with Gasteiger partial charge < -0.3 is 15.3 Å². The lowest BCUT2D eigenvalue weighted by Gasteiger charge is -2.29. The maximum atomic E-state index is 9.01. The minimum Gasteiger partial charge on any atom is -0.396 e. The van der Waals surface area contributed by atoms with Gasteiger partial charge in [-0.1, -0.05) is 17.7 Å². The molecule has 1 aliphatic rings. The number of benzene rings is 1. The lowest BCUT2D eigenvalue weighted by atomic mass is 10.1. The molecule has 1 aromatic carbocycles. The predicted molar refractivity (Wildman–Crippen MR) is 85.5 cm³/mol. The van der Waals surface area contributed by atoms with Crippen molar-refractivity contribution in [1.29, 1.82) is 0 Å². The summed E-state index contributed by atoms with van der Waals surface area (Å²) in [5.41, 5.74) is 2.29. The highest BCUT2D eigenvalue weighted by atomic mass is 35.5. The van der Waals surface area contributed by atoms with E-state index in [0.717, 1.165) is 35.8 Å². The van der Waals surface area contributed by atoms with Crippen molar-refractivity contribution in [2.24, 2.45) is 0 Å². The molecule has 1 aliphatic carbocycles. The standard InChI is InChI=1S/C16H25ClN2O/c1-12(2)19(8-3-9-20)15-7-4-13(16(17)10-15)11-18-14-5-6-14/h4,7,10,12,14,18,20H,3,5-6,8-9,11H2,1-2H3. The van der Waals surface area contributed by atoms with Gasteiger partial charge in [0.05, 0.1) is 0 Å². The Hall–Kier alpha value is -0.770. The molecule has 4 heteroatoms. The van der Waals surface area contributed by atoms with Crippen LogP contribution in [0.15, 0.2) is 18.2 Å². The Bertz CT molecular complexity index is 432. The number of halogens is 1. The molecule has 3 nitrogen and oxygen atoms in total. The molecule has 0 saturated heterocycles. The topological polar surface area (TPSA) is 35.5 Å². The van der Waals surface area contributed by atoms with Gasteiger partial charge in [0.2, 0.25) is 0 Å². The van der Waals surface area contributed by atoms with Gasteiger partial charge in [0.15, 0.2) is 0 Å². The summed E-state index contributed by atoms with van der Waals surface area (Å²) in [5, 5.41) is 13.3. The van der Waals surface area contributed by atoms with E-state index in [0.29, 0.717) is 12.1 Å². The molecule has 0 radical (unpaired) electrons. The Morgan fingerprint density at radius 3 is 2.70 bits per heavy atom. The van der Waals surface area contributed by atoms with Gasteiger partial charge >= 0.3 is 0 Å². The fourth-order valence-electron chi connectivity index (χ4n) is 2.33. The Kier molecular flexibility index (Phi) is 5.70. The summed E-state index contributed by atoms with van der Waals surface area (Å²) < 4.78 is 0. The Morgan fingerprint density at radius 1 is 1.40 bits per heavy atom. The zero-order chi connectivity index (χ0) is 14.5. The number of nitrogens with one attached hydrogen (secondary N) is 1. The number of aliphatic hydroxyl groups excluding tert-OH is 1. The highest BCUT2D eigenvalue weighted by Gasteiger charge is 2.20. The van der Waals surface area contributed by atoms with E-state index in [1.165, 1.54) is 12.8 Å². The van der Waals surface area contributed by atoms with Crippen molar-refractivity contribution < 1.29 is 5.11 Å². The van der Waals surface area contributed by atoms with Crippen molar-refractivity contribution in [1.82, 2.24) is 5.32 Å². The highest BCUT2D eigenvalue weighted by Crippen LogP contribution is 2.26. The molecule has 0 aliphatic heterocycles. The maximum Gasteiger partial charge on any atom is 0.0471 e. The molecule has 0 spiro atoms. The highest BCUT2D eigenvalue weighted by molar-refractivity contribution is 6.31. The summed E-state index contributed by atoms with van der Waals surface area (Å²) in [5.74, 6) is 0. The van der Waals surface area contributed by atoms with Crippen LogP contribution in [-0.2, 0) is 6.54 Å². The van der Waals surface area contributed by atoms with Crippen LogP contribution < -0.4 is 10.2 Å². The Morgan fingerprint density at radius 2 is 2.15 bits per heavy atom. The van der Waals surface area contributed by atoms with Gasteiger partial charge in [0, 0.05) is 42.5 Å². The van der Waals surface area contributed by atoms with Gasteiger partial charge in [0.1, 0.15) is 0 Å². The predicted octanol–water partition coefficient (Wildman–Crippen LogP) is 3.19.